The molecule has 1 unspecified atom stereocenters. The zero-order chi connectivity index (χ0) is 9.42. The van der Waals surface area contributed by atoms with Crippen LogP contribution in [0.25, 0.3) is 0 Å². The van der Waals surface area contributed by atoms with Gasteiger partial charge >= 0.3 is 7.12 Å². The zero-order valence-corrected chi connectivity index (χ0v) is 7.78. The maximum Gasteiger partial charge on any atom is 0.455 e. The van der Waals surface area contributed by atoms with E-state index >= 15 is 0 Å². The van der Waals surface area contributed by atoms with Gasteiger partial charge in [0.2, 0.25) is 0 Å². The summed E-state index contributed by atoms with van der Waals surface area (Å²) >= 11 is 5.97. The molecular weight excluding hydrogens is 186 g/mol. The smallest absolute Gasteiger partial charge is 0.427 e. The Morgan fingerprint density at radius 3 is 2.54 bits per heavy atom. The van der Waals surface area contributed by atoms with Crippen molar-refractivity contribution >= 4 is 18.7 Å². The largest absolute Gasteiger partial charge is 0.455 e. The molecule has 2 N–H and O–H groups in total. The molecule has 0 heterocycles. The maximum atomic E-state index is 8.93. The van der Waals surface area contributed by atoms with Crippen LogP contribution < -0.4 is 0 Å². The number of benzene rings is 1. The summed E-state index contributed by atoms with van der Waals surface area (Å²) in [5.41, 5.74) is 1.03. The van der Waals surface area contributed by atoms with Crippen LogP contribution >= 0.6 is 11.6 Å². The summed E-state index contributed by atoms with van der Waals surface area (Å²) in [5, 5.41) is 18.6. The second kappa shape index (κ2) is 3.33. The van der Waals surface area contributed by atoms with Crippen molar-refractivity contribution in [1.29, 1.82) is 0 Å². The molecule has 1 aromatic carbocycles. The molecule has 4 heteroatoms. The number of hydrogen-bond donors (Lipinski definition) is 2. The van der Waals surface area contributed by atoms with Crippen LogP contribution in [0.1, 0.15) is 17.9 Å². The van der Waals surface area contributed by atoms with Gasteiger partial charge in [0.25, 0.3) is 0 Å². The molecule has 1 aliphatic carbocycles. The van der Waals surface area contributed by atoms with Crippen LogP contribution in [0, 0.1) is 0 Å². The van der Waals surface area contributed by atoms with Crippen LogP contribution in [0.5, 0.6) is 0 Å². The Kier molecular flexibility index (Phi) is 2.32. The second-order valence-electron chi connectivity index (χ2n) is 3.44. The van der Waals surface area contributed by atoms with Gasteiger partial charge in [-0.2, -0.15) is 0 Å². The van der Waals surface area contributed by atoms with Gasteiger partial charge in [0.15, 0.2) is 0 Å². The molecule has 68 valence electrons. The summed E-state index contributed by atoms with van der Waals surface area (Å²) < 4.78 is 0. The van der Waals surface area contributed by atoms with E-state index in [0.29, 0.717) is 0 Å². The van der Waals surface area contributed by atoms with E-state index in [1.54, 1.807) is 0 Å². The lowest BCUT2D eigenvalue weighted by molar-refractivity contribution is 0.402. The number of halogens is 1. The molecule has 2 rings (SSSR count). The highest BCUT2D eigenvalue weighted by Crippen LogP contribution is 2.55. The summed E-state index contributed by atoms with van der Waals surface area (Å²) in [4.78, 5) is 0. The van der Waals surface area contributed by atoms with E-state index in [-0.39, 0.29) is 11.7 Å². The average Bonchev–Trinajstić information content (AvgIpc) is 2.84. The van der Waals surface area contributed by atoms with Crippen molar-refractivity contribution in [3.63, 3.8) is 0 Å². The molecule has 0 radical (unpaired) electrons. The molecule has 0 aromatic heterocycles. The lowest BCUT2D eigenvalue weighted by atomic mass is 9.81. The van der Waals surface area contributed by atoms with Gasteiger partial charge in [-0.15, -0.1) is 0 Å². The van der Waals surface area contributed by atoms with Crippen LogP contribution in [0.3, 0.4) is 0 Å². The third-order valence-electron chi connectivity index (χ3n) is 2.53. The molecule has 1 aromatic rings. The molecule has 2 nitrogen and oxygen atoms in total. The fourth-order valence-corrected chi connectivity index (χ4v) is 1.95. The Morgan fingerprint density at radius 2 is 2.00 bits per heavy atom. The zero-order valence-electron chi connectivity index (χ0n) is 7.02. The third-order valence-corrected chi connectivity index (χ3v) is 2.87. The van der Waals surface area contributed by atoms with E-state index in [0.717, 1.165) is 17.0 Å². The molecule has 0 saturated heterocycles. The lowest BCUT2D eigenvalue weighted by Crippen LogP contribution is -2.11. The minimum absolute atomic E-state index is 0.0279. The Balaban J connectivity index is 2.16. The first-order valence-corrected chi connectivity index (χ1v) is 4.68. The van der Waals surface area contributed by atoms with Crippen molar-refractivity contribution in [3.8, 4) is 0 Å². The van der Waals surface area contributed by atoms with Crippen LogP contribution in [0.15, 0.2) is 24.3 Å². The summed E-state index contributed by atoms with van der Waals surface area (Å²) in [6.45, 7) is 0. The van der Waals surface area contributed by atoms with Crippen molar-refractivity contribution in [1.82, 2.24) is 0 Å². The van der Waals surface area contributed by atoms with E-state index < -0.39 is 7.12 Å². The van der Waals surface area contributed by atoms with Gasteiger partial charge in [-0.1, -0.05) is 29.8 Å². The first-order valence-electron chi connectivity index (χ1n) is 4.30. The summed E-state index contributed by atoms with van der Waals surface area (Å²) in [6.07, 6.45) is 0.821. The highest BCUT2D eigenvalue weighted by Gasteiger charge is 2.46. The quantitative estimate of drug-likeness (QED) is 0.707. The standard InChI is InChI=1S/C9H10BClO2/c11-9-4-2-1-3-6(9)7-5-8(7)10(12)13/h1-4,7-8,12-13H,5H2/t7?,8-/m1/s1. The molecule has 1 aliphatic rings. The third kappa shape index (κ3) is 1.73. The van der Waals surface area contributed by atoms with Gasteiger partial charge in [0.1, 0.15) is 0 Å². The Labute approximate surface area is 82.3 Å². The van der Waals surface area contributed by atoms with Crippen molar-refractivity contribution < 1.29 is 10.0 Å². The Hall–Kier alpha value is -0.505. The van der Waals surface area contributed by atoms with Gasteiger partial charge in [-0.25, -0.2) is 0 Å². The number of hydrogen-bond acceptors (Lipinski definition) is 2. The maximum absolute atomic E-state index is 8.93. The molecular formula is C9H10BClO2. The van der Waals surface area contributed by atoms with Crippen molar-refractivity contribution in [3.05, 3.63) is 34.9 Å². The molecule has 2 atom stereocenters. The van der Waals surface area contributed by atoms with Crippen molar-refractivity contribution in [2.75, 3.05) is 0 Å². The average molecular weight is 196 g/mol. The van der Waals surface area contributed by atoms with Crippen LogP contribution in [-0.2, 0) is 0 Å². The Morgan fingerprint density at radius 1 is 1.31 bits per heavy atom. The number of rotatable bonds is 2. The Bertz CT molecular complexity index is 316. The second-order valence-corrected chi connectivity index (χ2v) is 3.85. The molecule has 0 bridgehead atoms. The van der Waals surface area contributed by atoms with E-state index in [9.17, 15) is 0 Å². The van der Waals surface area contributed by atoms with Crippen LogP contribution in [0.2, 0.25) is 10.8 Å². The monoisotopic (exact) mass is 196 g/mol. The molecule has 13 heavy (non-hydrogen) atoms. The minimum Gasteiger partial charge on any atom is -0.427 e. The normalized spacial score (nSPS) is 25.8. The van der Waals surface area contributed by atoms with Gasteiger partial charge in [0, 0.05) is 10.8 Å². The van der Waals surface area contributed by atoms with Gasteiger partial charge < -0.3 is 10.0 Å². The van der Waals surface area contributed by atoms with Gasteiger partial charge in [0.05, 0.1) is 0 Å². The SMILES string of the molecule is OB(O)[C@@H]1CC1c1ccccc1Cl. The predicted molar refractivity (Wildman–Crippen MR) is 52.8 cm³/mol. The van der Waals surface area contributed by atoms with Crippen LogP contribution in [-0.4, -0.2) is 17.2 Å². The molecule has 0 amide bonds. The fourth-order valence-electron chi connectivity index (χ4n) is 1.68. The van der Waals surface area contributed by atoms with E-state index in [1.807, 2.05) is 24.3 Å². The molecule has 1 saturated carbocycles. The van der Waals surface area contributed by atoms with Crippen LogP contribution in [0.4, 0.5) is 0 Å². The highest BCUT2D eigenvalue weighted by molar-refractivity contribution is 6.45. The van der Waals surface area contributed by atoms with Gasteiger partial charge in [-0.3, -0.25) is 0 Å². The van der Waals surface area contributed by atoms with Crippen molar-refractivity contribution in [2.24, 2.45) is 0 Å². The van der Waals surface area contributed by atoms with E-state index in [1.165, 1.54) is 0 Å². The summed E-state index contributed by atoms with van der Waals surface area (Å²) in [6, 6.07) is 7.56. The molecule has 1 fully saturated rings. The summed E-state index contributed by atoms with van der Waals surface area (Å²) in [5.74, 6) is 0.202. The predicted octanol–water partition coefficient (Wildman–Crippen LogP) is 1.67. The highest BCUT2D eigenvalue weighted by atomic mass is 35.5. The van der Waals surface area contributed by atoms with E-state index in [4.69, 9.17) is 21.6 Å². The molecule has 0 spiro atoms. The minimum atomic E-state index is -1.21. The summed E-state index contributed by atoms with van der Waals surface area (Å²) in [7, 11) is -1.21. The van der Waals surface area contributed by atoms with Crippen molar-refractivity contribution in [2.45, 2.75) is 18.2 Å². The van der Waals surface area contributed by atoms with Gasteiger partial charge in [-0.05, 0) is 24.0 Å². The fraction of sp³-hybridized carbons (Fsp3) is 0.333. The lowest BCUT2D eigenvalue weighted by Gasteiger charge is -2.01. The molecule has 0 aliphatic heterocycles. The topological polar surface area (TPSA) is 40.5 Å². The first kappa shape index (κ1) is 9.07. The first-order chi connectivity index (χ1) is 6.20. The van der Waals surface area contributed by atoms with E-state index in [2.05, 4.69) is 0 Å².